The van der Waals surface area contributed by atoms with Crippen molar-refractivity contribution in [2.75, 3.05) is 7.11 Å². The summed E-state index contributed by atoms with van der Waals surface area (Å²) >= 11 is 0. The highest BCUT2D eigenvalue weighted by Crippen LogP contribution is 2.29. The highest BCUT2D eigenvalue weighted by Gasteiger charge is 2.29. The molecule has 9 nitrogen and oxygen atoms in total. The molecule has 212 valence electrons. The summed E-state index contributed by atoms with van der Waals surface area (Å²) in [5.74, 6) is -0.195. The molecule has 6 aromatic rings. The van der Waals surface area contributed by atoms with Gasteiger partial charge in [0.15, 0.2) is 0 Å². The van der Waals surface area contributed by atoms with E-state index in [2.05, 4.69) is 9.71 Å². The predicted molar refractivity (Wildman–Crippen MR) is 159 cm³/mol. The van der Waals surface area contributed by atoms with Crippen molar-refractivity contribution in [1.82, 2.24) is 9.71 Å². The van der Waals surface area contributed by atoms with Crippen LogP contribution in [0.4, 0.5) is 0 Å². The Hall–Kier alpha value is -4.93. The highest BCUT2D eigenvalue weighted by molar-refractivity contribution is 7.89. The lowest BCUT2D eigenvalue weighted by Gasteiger charge is -2.18. The molecule has 0 bridgehead atoms. The number of fused-ring (bicyclic) bond motifs is 4. The Morgan fingerprint density at radius 1 is 0.905 bits per heavy atom. The predicted octanol–water partition coefficient (Wildman–Crippen LogP) is 5.24. The van der Waals surface area contributed by atoms with Crippen LogP contribution in [0.3, 0.4) is 0 Å². The van der Waals surface area contributed by atoms with Gasteiger partial charge in [0.1, 0.15) is 23.1 Å². The van der Waals surface area contributed by atoms with E-state index >= 15 is 0 Å². The van der Waals surface area contributed by atoms with Crippen LogP contribution < -0.4 is 19.8 Å². The summed E-state index contributed by atoms with van der Waals surface area (Å²) in [4.78, 5) is 29.4. The molecule has 6 rings (SSSR count). The van der Waals surface area contributed by atoms with E-state index in [1.165, 1.54) is 25.3 Å². The van der Waals surface area contributed by atoms with Crippen LogP contribution in [0.25, 0.3) is 32.6 Å². The molecule has 0 spiro atoms. The molecule has 0 radical (unpaired) electrons. The van der Waals surface area contributed by atoms with Crippen LogP contribution in [0.15, 0.2) is 105 Å². The van der Waals surface area contributed by atoms with Crippen molar-refractivity contribution in [3.63, 3.8) is 0 Å². The summed E-state index contributed by atoms with van der Waals surface area (Å²) in [6.07, 6.45) is 1.78. The second kappa shape index (κ2) is 10.8. The quantitative estimate of drug-likeness (QED) is 0.109. The lowest BCUT2D eigenvalue weighted by molar-refractivity contribution is -0.136. The average Bonchev–Trinajstić information content (AvgIpc) is 3.39. The Morgan fingerprint density at radius 3 is 2.43 bits per heavy atom. The van der Waals surface area contributed by atoms with Crippen LogP contribution in [0.5, 0.6) is 11.5 Å². The van der Waals surface area contributed by atoms with Crippen LogP contribution in [-0.4, -0.2) is 32.5 Å². The number of rotatable bonds is 8. The van der Waals surface area contributed by atoms with Gasteiger partial charge in [-0.05, 0) is 61.0 Å². The van der Waals surface area contributed by atoms with Crippen molar-refractivity contribution in [3.8, 4) is 11.5 Å². The van der Waals surface area contributed by atoms with Crippen LogP contribution in [0, 0.1) is 6.92 Å². The summed E-state index contributed by atoms with van der Waals surface area (Å²) in [5, 5.41) is 2.52. The first-order valence-electron chi connectivity index (χ1n) is 13.1. The number of hydrogen-bond donors (Lipinski definition) is 2. The van der Waals surface area contributed by atoms with Crippen LogP contribution >= 0.6 is 0 Å². The molecule has 0 aliphatic heterocycles. The number of esters is 1. The summed E-state index contributed by atoms with van der Waals surface area (Å²) in [6.45, 7) is 1.85. The fourth-order valence-corrected chi connectivity index (χ4v) is 6.12. The molecule has 0 amide bonds. The van der Waals surface area contributed by atoms with Crippen molar-refractivity contribution in [2.24, 2.45) is 0 Å². The second-order valence-corrected chi connectivity index (χ2v) is 11.6. The maximum Gasteiger partial charge on any atom is 0.344 e. The SMILES string of the molecule is COc1ccc2c(c1)c(=O)oc1cc(OC(=O)[C@@H](Cc3c[nH]c4ccccc34)NS(=O)(=O)c3ccc(C)cc3)ccc12. The lowest BCUT2D eigenvalue weighted by atomic mass is 10.1. The van der Waals surface area contributed by atoms with Gasteiger partial charge in [-0.1, -0.05) is 35.9 Å². The number of carbonyl (C=O) groups is 1. The topological polar surface area (TPSA) is 128 Å². The van der Waals surface area contributed by atoms with Crippen molar-refractivity contribution < 1.29 is 27.1 Å². The second-order valence-electron chi connectivity index (χ2n) is 9.93. The maximum absolute atomic E-state index is 13.6. The number of methoxy groups -OCH3 is 1. The van der Waals surface area contributed by atoms with Gasteiger partial charge in [-0.2, -0.15) is 4.72 Å². The van der Waals surface area contributed by atoms with Gasteiger partial charge in [-0.25, -0.2) is 18.0 Å². The Bertz CT molecular complexity index is 2130. The number of sulfonamides is 1. The van der Waals surface area contributed by atoms with E-state index in [1.807, 2.05) is 31.2 Å². The molecule has 2 aromatic heterocycles. The number of benzene rings is 4. The summed E-state index contributed by atoms with van der Waals surface area (Å²) < 4.78 is 45.5. The molecule has 0 aliphatic carbocycles. The third-order valence-electron chi connectivity index (χ3n) is 7.12. The normalized spacial score (nSPS) is 12.5. The van der Waals surface area contributed by atoms with Crippen molar-refractivity contribution in [3.05, 3.63) is 113 Å². The zero-order chi connectivity index (χ0) is 29.4. The number of aromatic amines is 1. The van der Waals surface area contributed by atoms with E-state index in [0.717, 1.165) is 22.0 Å². The van der Waals surface area contributed by atoms with Gasteiger partial charge in [-0.15, -0.1) is 0 Å². The Morgan fingerprint density at radius 2 is 1.64 bits per heavy atom. The average molecular weight is 583 g/mol. The number of aromatic nitrogens is 1. The minimum Gasteiger partial charge on any atom is -0.497 e. The van der Waals surface area contributed by atoms with E-state index in [9.17, 15) is 18.0 Å². The van der Waals surface area contributed by atoms with Crippen LogP contribution in [0.1, 0.15) is 11.1 Å². The molecule has 10 heteroatoms. The number of nitrogens with one attached hydrogen (secondary N) is 2. The van der Waals surface area contributed by atoms with Gasteiger partial charge in [-0.3, -0.25) is 0 Å². The zero-order valence-electron chi connectivity index (χ0n) is 22.7. The molecular formula is C32H26N2O7S. The summed E-state index contributed by atoms with van der Waals surface area (Å²) in [6, 6.07) is 22.4. The molecular weight excluding hydrogens is 556 g/mol. The largest absolute Gasteiger partial charge is 0.497 e. The van der Waals surface area contributed by atoms with Crippen LogP contribution in [0.2, 0.25) is 0 Å². The van der Waals surface area contributed by atoms with Gasteiger partial charge < -0.3 is 18.9 Å². The smallest absolute Gasteiger partial charge is 0.344 e. The number of para-hydroxylation sites is 1. The fourth-order valence-electron chi connectivity index (χ4n) is 4.94. The molecule has 0 aliphatic rings. The third-order valence-corrected chi connectivity index (χ3v) is 8.61. The van der Waals surface area contributed by atoms with E-state index in [1.54, 1.807) is 48.7 Å². The minimum atomic E-state index is -4.07. The molecule has 0 fully saturated rings. The molecule has 2 heterocycles. The van der Waals surface area contributed by atoms with Gasteiger partial charge in [0.25, 0.3) is 0 Å². The molecule has 2 N–H and O–H groups in total. The van der Waals surface area contributed by atoms with Crippen molar-refractivity contribution in [2.45, 2.75) is 24.3 Å². The monoisotopic (exact) mass is 582 g/mol. The Balaban J connectivity index is 1.34. The number of carbonyl (C=O) groups excluding carboxylic acids is 1. The number of aryl methyl sites for hydroxylation is 1. The number of ether oxygens (including phenoxy) is 2. The first kappa shape index (κ1) is 27.3. The maximum atomic E-state index is 13.6. The van der Waals surface area contributed by atoms with Gasteiger partial charge in [0, 0.05) is 40.4 Å². The standard InChI is InChI=1S/C32H26N2O7S/c1-19-7-11-23(12-8-19)42(37,38)34-29(15-20-18-33-28-6-4-3-5-24(20)28)32(36)40-22-10-14-26-25-13-9-21(39-2)16-27(25)31(35)41-30(26)17-22/h3-14,16-18,29,33-34H,15H2,1-2H3/t29-/m1/s1. The Labute approximate surface area is 240 Å². The van der Waals surface area contributed by atoms with Gasteiger partial charge in [0.05, 0.1) is 17.4 Å². The molecule has 0 saturated heterocycles. The van der Waals surface area contributed by atoms with Crippen molar-refractivity contribution >= 4 is 48.6 Å². The number of H-pyrrole nitrogens is 1. The first-order valence-corrected chi connectivity index (χ1v) is 14.6. The molecule has 4 aromatic carbocycles. The van der Waals surface area contributed by atoms with Crippen molar-refractivity contribution in [1.29, 1.82) is 0 Å². The molecule has 42 heavy (non-hydrogen) atoms. The minimum absolute atomic E-state index is 0.0285. The Kier molecular flexibility index (Phi) is 7.01. The summed E-state index contributed by atoms with van der Waals surface area (Å²) in [7, 11) is -2.56. The van der Waals surface area contributed by atoms with E-state index < -0.39 is 27.7 Å². The summed E-state index contributed by atoms with van der Waals surface area (Å²) in [5.41, 5.74) is 2.15. The highest BCUT2D eigenvalue weighted by atomic mass is 32.2. The van der Waals surface area contributed by atoms with E-state index in [4.69, 9.17) is 13.9 Å². The zero-order valence-corrected chi connectivity index (χ0v) is 23.5. The molecule has 0 saturated carbocycles. The third kappa shape index (κ3) is 5.25. The molecule has 0 unspecified atom stereocenters. The number of hydrogen-bond acceptors (Lipinski definition) is 7. The fraction of sp³-hybridized carbons (Fsp3) is 0.125. The molecule has 1 atom stereocenters. The van der Waals surface area contributed by atoms with E-state index in [-0.39, 0.29) is 22.6 Å². The van der Waals surface area contributed by atoms with E-state index in [0.29, 0.717) is 21.9 Å². The lowest BCUT2D eigenvalue weighted by Crippen LogP contribution is -2.44. The first-order chi connectivity index (χ1) is 20.2. The van der Waals surface area contributed by atoms with Gasteiger partial charge in [0.2, 0.25) is 10.0 Å². The van der Waals surface area contributed by atoms with Crippen LogP contribution in [-0.2, 0) is 21.2 Å². The van der Waals surface area contributed by atoms with Gasteiger partial charge >= 0.3 is 11.6 Å².